The van der Waals surface area contributed by atoms with Crippen molar-refractivity contribution in [2.45, 2.75) is 25.3 Å². The minimum atomic E-state index is -0.264. The molecular formula is C22H20ClN7O2S. The van der Waals surface area contributed by atoms with E-state index in [1.807, 2.05) is 35.2 Å². The summed E-state index contributed by atoms with van der Waals surface area (Å²) in [5.74, 6) is 1.22. The first-order chi connectivity index (χ1) is 15.5. The summed E-state index contributed by atoms with van der Waals surface area (Å²) >= 11 is 6.29. The van der Waals surface area contributed by atoms with Crippen LogP contribution in [0.3, 0.4) is 0 Å². The highest BCUT2D eigenvalue weighted by Gasteiger charge is 2.39. The summed E-state index contributed by atoms with van der Waals surface area (Å²) in [5, 5.41) is 5.10. The lowest BCUT2D eigenvalue weighted by Gasteiger charge is -2.42. The van der Waals surface area contributed by atoms with Crippen molar-refractivity contribution in [3.63, 3.8) is 0 Å². The van der Waals surface area contributed by atoms with Gasteiger partial charge in [0.1, 0.15) is 11.3 Å². The summed E-state index contributed by atoms with van der Waals surface area (Å²) in [7, 11) is 0. The van der Waals surface area contributed by atoms with E-state index in [1.165, 1.54) is 4.52 Å². The number of carbonyl (C=O) groups excluding carboxylic acids is 1. The molecule has 11 heteroatoms. The number of carbonyl (C=O) groups is 1. The Balaban J connectivity index is 0.00000228. The number of aryl methyl sites for hydroxylation is 1. The number of nitrogen functional groups attached to an aromatic ring is 1. The molecule has 0 bridgehead atoms. The molecule has 9 nitrogen and oxygen atoms in total. The number of halogens is 1. The molecule has 1 aliphatic carbocycles. The highest BCUT2D eigenvalue weighted by atomic mass is 35.5. The van der Waals surface area contributed by atoms with E-state index in [-0.39, 0.29) is 36.8 Å². The van der Waals surface area contributed by atoms with Gasteiger partial charge in [-0.25, -0.2) is 9.50 Å². The zero-order valence-corrected chi connectivity index (χ0v) is 19.2. The molecule has 2 N–H and O–H groups in total. The number of para-hydroxylation sites is 1. The Morgan fingerprint density at radius 3 is 2.58 bits per heavy atom. The normalized spacial score (nSPS) is 17.1. The van der Waals surface area contributed by atoms with Crippen LogP contribution in [-0.2, 0) is 6.42 Å². The molecule has 1 saturated heterocycles. The third kappa shape index (κ3) is 3.20. The summed E-state index contributed by atoms with van der Waals surface area (Å²) in [6.45, 7) is 0.663. The second-order valence-electron chi connectivity index (χ2n) is 7.94. The Hall–Kier alpha value is -3.37. The van der Waals surface area contributed by atoms with Crippen LogP contribution in [0.2, 0.25) is 5.02 Å². The number of aromatic nitrogens is 5. The average molecular weight is 482 g/mol. The highest BCUT2D eigenvalue weighted by molar-refractivity contribution is 7.59. The van der Waals surface area contributed by atoms with Gasteiger partial charge in [0.15, 0.2) is 11.6 Å². The van der Waals surface area contributed by atoms with Gasteiger partial charge in [-0.2, -0.15) is 23.6 Å². The number of rotatable bonds is 3. The Bertz CT molecular complexity index is 1470. The number of hydrogen-bond acceptors (Lipinski definition) is 7. The van der Waals surface area contributed by atoms with Crippen molar-refractivity contribution >= 4 is 48.2 Å². The lowest BCUT2D eigenvalue weighted by Crippen LogP contribution is -2.46. The predicted octanol–water partition coefficient (Wildman–Crippen LogP) is 2.70. The molecule has 1 aromatic carbocycles. The van der Waals surface area contributed by atoms with Crippen LogP contribution in [0.25, 0.3) is 11.2 Å². The molecule has 0 saturated carbocycles. The van der Waals surface area contributed by atoms with Crippen molar-refractivity contribution < 1.29 is 4.79 Å². The highest BCUT2D eigenvalue weighted by Crippen LogP contribution is 2.40. The van der Waals surface area contributed by atoms with Gasteiger partial charge in [0.2, 0.25) is 5.95 Å². The lowest BCUT2D eigenvalue weighted by atomic mass is 10.00. The fourth-order valence-electron chi connectivity index (χ4n) is 4.54. The van der Waals surface area contributed by atoms with Crippen molar-refractivity contribution in [1.29, 1.82) is 0 Å². The van der Waals surface area contributed by atoms with Crippen LogP contribution in [0.1, 0.15) is 40.8 Å². The molecule has 0 spiro atoms. The number of ketones is 1. The topological polar surface area (TPSA) is 111 Å². The second-order valence-corrected chi connectivity index (χ2v) is 8.35. The van der Waals surface area contributed by atoms with Gasteiger partial charge in [-0.3, -0.25) is 14.2 Å². The van der Waals surface area contributed by atoms with Crippen LogP contribution < -0.4 is 16.2 Å². The molecule has 4 aromatic rings. The van der Waals surface area contributed by atoms with Crippen LogP contribution >= 0.6 is 25.1 Å². The maximum atomic E-state index is 13.5. The molecule has 33 heavy (non-hydrogen) atoms. The molecular weight excluding hydrogens is 462 g/mol. The molecule has 0 radical (unpaired) electrons. The number of benzene rings is 1. The number of fused-ring (bicyclic) bond motifs is 2. The van der Waals surface area contributed by atoms with Gasteiger partial charge >= 0.3 is 0 Å². The summed E-state index contributed by atoms with van der Waals surface area (Å²) in [5.41, 5.74) is 7.91. The maximum absolute atomic E-state index is 13.5. The van der Waals surface area contributed by atoms with Gasteiger partial charge in [-0.15, -0.1) is 0 Å². The van der Waals surface area contributed by atoms with Crippen LogP contribution in [0.5, 0.6) is 0 Å². The van der Waals surface area contributed by atoms with Crippen molar-refractivity contribution in [2.24, 2.45) is 0 Å². The van der Waals surface area contributed by atoms with Gasteiger partial charge in [-0.05, 0) is 31.0 Å². The first-order valence-corrected chi connectivity index (χ1v) is 10.7. The number of nitrogens with zero attached hydrogens (tertiary/aromatic N) is 6. The summed E-state index contributed by atoms with van der Waals surface area (Å²) < 4.78 is 3.10. The number of hydrogen-bond donors (Lipinski definition) is 1. The van der Waals surface area contributed by atoms with E-state index >= 15 is 0 Å². The number of anilines is 2. The van der Waals surface area contributed by atoms with E-state index in [0.717, 1.165) is 6.42 Å². The molecule has 6 rings (SSSR count). The van der Waals surface area contributed by atoms with Crippen molar-refractivity contribution in [2.75, 3.05) is 17.2 Å². The molecule has 1 aliphatic heterocycles. The summed E-state index contributed by atoms with van der Waals surface area (Å²) in [6, 6.07) is 10.7. The smallest absolute Gasteiger partial charge is 0.284 e. The minimum absolute atomic E-state index is 0. The second kappa shape index (κ2) is 7.89. The largest absolute Gasteiger partial charge is 0.368 e. The molecule has 168 valence electrons. The molecule has 2 aliphatic rings. The third-order valence-electron chi connectivity index (χ3n) is 6.12. The van der Waals surface area contributed by atoms with E-state index < -0.39 is 0 Å². The van der Waals surface area contributed by atoms with Gasteiger partial charge in [-0.1, -0.05) is 29.8 Å². The zero-order chi connectivity index (χ0) is 22.0. The predicted molar refractivity (Wildman–Crippen MR) is 130 cm³/mol. The Kier molecular flexibility index (Phi) is 5.13. The van der Waals surface area contributed by atoms with Crippen LogP contribution in [-0.4, -0.2) is 36.5 Å². The first-order valence-electron chi connectivity index (χ1n) is 10.3. The quantitative estimate of drug-likeness (QED) is 0.478. The van der Waals surface area contributed by atoms with Crippen LogP contribution in [0.4, 0.5) is 11.8 Å². The van der Waals surface area contributed by atoms with Crippen LogP contribution in [0.15, 0.2) is 47.4 Å². The van der Waals surface area contributed by atoms with Crippen LogP contribution in [0, 0.1) is 0 Å². The lowest BCUT2D eigenvalue weighted by molar-refractivity contribution is 0.0994. The van der Waals surface area contributed by atoms with Crippen molar-refractivity contribution in [3.8, 4) is 5.69 Å². The van der Waals surface area contributed by atoms with E-state index in [2.05, 4.69) is 9.97 Å². The molecule has 4 heterocycles. The minimum Gasteiger partial charge on any atom is -0.368 e. The Labute approximate surface area is 200 Å². The van der Waals surface area contributed by atoms with Gasteiger partial charge in [0.25, 0.3) is 5.56 Å². The molecule has 0 unspecified atom stereocenters. The van der Waals surface area contributed by atoms with E-state index in [4.69, 9.17) is 22.4 Å². The third-order valence-corrected chi connectivity index (χ3v) is 6.42. The van der Waals surface area contributed by atoms with Gasteiger partial charge < -0.3 is 10.6 Å². The van der Waals surface area contributed by atoms with E-state index in [9.17, 15) is 9.59 Å². The average Bonchev–Trinajstić information content (AvgIpc) is 3.30. The maximum Gasteiger partial charge on any atom is 0.284 e. The zero-order valence-electron chi connectivity index (χ0n) is 17.4. The van der Waals surface area contributed by atoms with E-state index in [0.29, 0.717) is 58.5 Å². The molecule has 1 atom stereocenters. The molecule has 1 fully saturated rings. The molecule has 0 amide bonds. The first kappa shape index (κ1) is 21.5. The van der Waals surface area contributed by atoms with E-state index in [1.54, 1.807) is 16.8 Å². The van der Waals surface area contributed by atoms with Gasteiger partial charge in [0, 0.05) is 19.2 Å². The van der Waals surface area contributed by atoms with Crippen molar-refractivity contribution in [1.82, 2.24) is 24.1 Å². The number of Topliss-reactive ketones (excluding diaryl/α,β-unsaturated/α-hetero) is 1. The fourth-order valence-corrected chi connectivity index (χ4v) is 4.77. The SMILES string of the molecule is Nc1nc2c(c(N3CC[C@H]3c3nn4ccc(Cl)c4c(=O)n3-c3ccccc3)n1)C(=O)CC2.S. The fraction of sp³-hybridized carbons (Fsp3) is 0.227. The number of nitrogens with two attached hydrogens (primary N) is 1. The summed E-state index contributed by atoms with van der Waals surface area (Å²) in [6.07, 6.45) is 3.38. The Morgan fingerprint density at radius 1 is 1.06 bits per heavy atom. The molecule has 3 aromatic heterocycles. The Morgan fingerprint density at radius 2 is 1.85 bits per heavy atom. The standard InChI is InChI=1S/C22H18ClN7O2.H2S/c23-13-8-11-29-18(13)21(32)30(12-4-2-1-3-5-12)19(27-29)15-9-10-28(15)20-17-14(6-7-16(17)31)25-22(24)26-20;/h1-5,8,11,15H,6-7,9-10H2,(H2,24,25,26);1H2/t15-;/m0./s1. The van der Waals surface area contributed by atoms with Crippen molar-refractivity contribution in [3.05, 3.63) is 75.1 Å². The van der Waals surface area contributed by atoms with Gasteiger partial charge in [0.05, 0.1) is 28.0 Å². The summed E-state index contributed by atoms with van der Waals surface area (Å²) in [4.78, 5) is 36.7. The monoisotopic (exact) mass is 481 g/mol.